The predicted octanol–water partition coefficient (Wildman–Crippen LogP) is 1.96. The molecule has 7 heteroatoms. The number of hydrogen-bond donors (Lipinski definition) is 2. The Morgan fingerprint density at radius 1 is 1.55 bits per heavy atom. The van der Waals surface area contributed by atoms with Gasteiger partial charge in [-0.15, -0.1) is 12.4 Å². The third kappa shape index (κ3) is 3.48. The van der Waals surface area contributed by atoms with Crippen LogP contribution >= 0.6 is 12.4 Å². The van der Waals surface area contributed by atoms with Gasteiger partial charge in [-0.25, -0.2) is 9.78 Å². The number of carbonyl (C=O) groups is 2. The van der Waals surface area contributed by atoms with Gasteiger partial charge in [-0.3, -0.25) is 4.79 Å². The number of anilines is 1. The van der Waals surface area contributed by atoms with Crippen LogP contribution in [0.4, 0.5) is 5.82 Å². The number of carbonyl (C=O) groups excluding carboxylic acids is 1. The molecule has 1 aromatic heterocycles. The van der Waals surface area contributed by atoms with Gasteiger partial charge in [0.1, 0.15) is 6.61 Å². The zero-order valence-corrected chi connectivity index (χ0v) is 11.9. The molecule has 0 atom stereocenters. The number of amides is 1. The molecule has 1 aliphatic heterocycles. The van der Waals surface area contributed by atoms with Crippen molar-refractivity contribution in [2.75, 3.05) is 11.9 Å². The number of carboxylic acid groups (broad SMARTS) is 1. The fourth-order valence-electron chi connectivity index (χ4n) is 1.52. The van der Waals surface area contributed by atoms with Crippen LogP contribution in [-0.4, -0.2) is 28.6 Å². The smallest absolute Gasteiger partial charge is 0.328 e. The molecule has 1 aliphatic rings. The molecule has 0 saturated heterocycles. The first-order valence-corrected chi connectivity index (χ1v) is 5.74. The summed E-state index contributed by atoms with van der Waals surface area (Å²) >= 11 is 0. The minimum atomic E-state index is -1.04. The van der Waals surface area contributed by atoms with E-state index in [2.05, 4.69) is 10.3 Å². The van der Waals surface area contributed by atoms with E-state index in [1.807, 2.05) is 0 Å². The molecule has 2 heterocycles. The van der Waals surface area contributed by atoms with Crippen molar-refractivity contribution in [2.24, 2.45) is 5.41 Å². The molecule has 1 aromatic rings. The summed E-state index contributed by atoms with van der Waals surface area (Å²) in [4.78, 5) is 26.4. The highest BCUT2D eigenvalue weighted by molar-refractivity contribution is 5.96. The third-order valence-corrected chi connectivity index (χ3v) is 2.73. The van der Waals surface area contributed by atoms with Gasteiger partial charge in [0.2, 0.25) is 5.91 Å². The first-order valence-electron chi connectivity index (χ1n) is 5.74. The lowest BCUT2D eigenvalue weighted by Gasteiger charge is -2.18. The lowest BCUT2D eigenvalue weighted by molar-refractivity contribution is -0.131. The Morgan fingerprint density at radius 2 is 2.25 bits per heavy atom. The monoisotopic (exact) mass is 298 g/mol. The molecule has 2 N–H and O–H groups in total. The van der Waals surface area contributed by atoms with Gasteiger partial charge in [-0.2, -0.15) is 0 Å². The van der Waals surface area contributed by atoms with Crippen molar-refractivity contribution in [3.63, 3.8) is 0 Å². The molecule has 0 aliphatic carbocycles. The van der Waals surface area contributed by atoms with Crippen LogP contribution in [0.2, 0.25) is 0 Å². The molecular formula is C13H15ClN2O4. The van der Waals surface area contributed by atoms with E-state index < -0.39 is 11.4 Å². The van der Waals surface area contributed by atoms with Crippen molar-refractivity contribution >= 4 is 36.2 Å². The van der Waals surface area contributed by atoms with Gasteiger partial charge in [-0.05, 0) is 31.6 Å². The van der Waals surface area contributed by atoms with Crippen LogP contribution in [0.1, 0.15) is 19.4 Å². The molecule has 0 fully saturated rings. The molecule has 0 radical (unpaired) electrons. The van der Waals surface area contributed by atoms with Crippen molar-refractivity contribution in [1.82, 2.24) is 4.98 Å². The normalized spacial score (nSPS) is 16.4. The number of fused-ring (bicyclic) bond motifs is 1. The average Bonchev–Trinajstić information content (AvgIpc) is 2.45. The fraction of sp³-hybridized carbons (Fsp3) is 0.308. The van der Waals surface area contributed by atoms with E-state index in [9.17, 15) is 9.59 Å². The number of hydrogen-bond acceptors (Lipinski definition) is 4. The Balaban J connectivity index is 0.00000200. The second-order valence-electron chi connectivity index (χ2n) is 4.91. The van der Waals surface area contributed by atoms with Crippen LogP contribution in [-0.2, 0) is 9.59 Å². The first kappa shape index (κ1) is 16.0. The van der Waals surface area contributed by atoms with Crippen molar-refractivity contribution in [1.29, 1.82) is 0 Å². The molecular weight excluding hydrogens is 284 g/mol. The molecule has 6 nitrogen and oxygen atoms in total. The SMILES string of the molecule is CC1(C)COc2cc(/C=C/C(=O)O)cnc2NC1=O.Cl. The van der Waals surface area contributed by atoms with Crippen LogP contribution in [0.5, 0.6) is 5.75 Å². The standard InChI is InChI=1S/C13H14N2O4.ClH/c1-13(2)7-19-9-5-8(3-4-10(16)17)6-14-11(9)15-12(13)18;/h3-6H,7H2,1-2H3,(H,16,17)(H,14,15,18);1H/b4-3+;. The summed E-state index contributed by atoms with van der Waals surface area (Å²) in [6, 6.07) is 1.64. The fourth-order valence-corrected chi connectivity index (χ4v) is 1.52. The van der Waals surface area contributed by atoms with Crippen LogP contribution in [0.15, 0.2) is 18.3 Å². The number of carboxylic acids is 1. The molecule has 0 aromatic carbocycles. The first-order chi connectivity index (χ1) is 8.88. The summed E-state index contributed by atoms with van der Waals surface area (Å²) in [6.45, 7) is 3.79. The highest BCUT2D eigenvalue weighted by Gasteiger charge is 2.32. The minimum absolute atomic E-state index is 0. The number of ether oxygens (including phenoxy) is 1. The number of halogens is 1. The molecule has 108 valence electrons. The molecule has 0 unspecified atom stereocenters. The van der Waals surface area contributed by atoms with Gasteiger partial charge in [0.05, 0.1) is 5.41 Å². The quantitative estimate of drug-likeness (QED) is 0.815. The van der Waals surface area contributed by atoms with Crippen molar-refractivity contribution < 1.29 is 19.4 Å². The summed E-state index contributed by atoms with van der Waals surface area (Å²) in [5, 5.41) is 11.3. The largest absolute Gasteiger partial charge is 0.489 e. The molecule has 2 rings (SSSR count). The summed E-state index contributed by atoms with van der Waals surface area (Å²) in [5.41, 5.74) is -0.0484. The average molecular weight is 299 g/mol. The molecule has 20 heavy (non-hydrogen) atoms. The van der Waals surface area contributed by atoms with Gasteiger partial charge < -0.3 is 15.2 Å². The van der Waals surface area contributed by atoms with Crippen LogP contribution in [0.25, 0.3) is 6.08 Å². The molecule has 1 amide bonds. The summed E-state index contributed by atoms with van der Waals surface area (Å²) < 4.78 is 5.55. The number of aromatic nitrogens is 1. The Kier molecular flexibility index (Phi) is 4.73. The Labute approximate surface area is 122 Å². The molecule has 0 saturated carbocycles. The summed E-state index contributed by atoms with van der Waals surface area (Å²) in [7, 11) is 0. The number of rotatable bonds is 2. The number of aliphatic carboxylic acids is 1. The van der Waals surface area contributed by atoms with Gasteiger partial charge in [-0.1, -0.05) is 0 Å². The van der Waals surface area contributed by atoms with E-state index in [0.717, 1.165) is 6.08 Å². The second-order valence-corrected chi connectivity index (χ2v) is 4.91. The Bertz CT molecular complexity index is 569. The maximum atomic E-state index is 11.9. The van der Waals surface area contributed by atoms with E-state index in [-0.39, 0.29) is 24.9 Å². The van der Waals surface area contributed by atoms with Crippen molar-refractivity contribution in [3.05, 3.63) is 23.9 Å². The van der Waals surface area contributed by atoms with Crippen LogP contribution in [0.3, 0.4) is 0 Å². The topological polar surface area (TPSA) is 88.5 Å². The minimum Gasteiger partial charge on any atom is -0.489 e. The summed E-state index contributed by atoms with van der Waals surface area (Å²) in [5.74, 6) is -0.410. The predicted molar refractivity (Wildman–Crippen MR) is 76.1 cm³/mol. The van der Waals surface area contributed by atoms with Crippen molar-refractivity contribution in [2.45, 2.75) is 13.8 Å². The Hall–Kier alpha value is -2.08. The van der Waals surface area contributed by atoms with Crippen LogP contribution in [0, 0.1) is 5.41 Å². The Morgan fingerprint density at radius 3 is 2.90 bits per heavy atom. The van der Waals surface area contributed by atoms with Gasteiger partial charge in [0, 0.05) is 12.3 Å². The van der Waals surface area contributed by atoms with E-state index in [1.54, 1.807) is 19.9 Å². The molecule has 0 bridgehead atoms. The highest BCUT2D eigenvalue weighted by atomic mass is 35.5. The van der Waals surface area contributed by atoms with Gasteiger partial charge in [0.15, 0.2) is 11.6 Å². The van der Waals surface area contributed by atoms with Gasteiger partial charge in [0.25, 0.3) is 0 Å². The van der Waals surface area contributed by atoms with E-state index in [0.29, 0.717) is 17.1 Å². The molecule has 0 spiro atoms. The zero-order valence-electron chi connectivity index (χ0n) is 11.0. The van der Waals surface area contributed by atoms with Gasteiger partial charge >= 0.3 is 5.97 Å². The van der Waals surface area contributed by atoms with E-state index >= 15 is 0 Å². The number of nitrogens with zero attached hydrogens (tertiary/aromatic N) is 1. The van der Waals surface area contributed by atoms with E-state index in [1.165, 1.54) is 12.3 Å². The number of nitrogens with one attached hydrogen (secondary N) is 1. The van der Waals surface area contributed by atoms with Crippen molar-refractivity contribution in [3.8, 4) is 5.75 Å². The zero-order chi connectivity index (χ0) is 14.0. The summed E-state index contributed by atoms with van der Waals surface area (Å²) in [6.07, 6.45) is 3.90. The highest BCUT2D eigenvalue weighted by Crippen LogP contribution is 2.31. The maximum Gasteiger partial charge on any atom is 0.328 e. The van der Waals surface area contributed by atoms with E-state index in [4.69, 9.17) is 9.84 Å². The lowest BCUT2D eigenvalue weighted by Crippen LogP contribution is -2.33. The third-order valence-electron chi connectivity index (χ3n) is 2.73. The number of pyridine rings is 1. The van der Waals surface area contributed by atoms with Crippen LogP contribution < -0.4 is 10.1 Å². The maximum absolute atomic E-state index is 11.9. The second kappa shape index (κ2) is 5.92. The lowest BCUT2D eigenvalue weighted by atomic mass is 9.94.